The minimum absolute atomic E-state index is 0.103. The first kappa shape index (κ1) is 17.9. The molecule has 1 aromatic heterocycles. The van der Waals surface area contributed by atoms with Crippen molar-refractivity contribution in [2.45, 2.75) is 51.6 Å². The molecule has 6 nitrogen and oxygen atoms in total. The van der Waals surface area contributed by atoms with Gasteiger partial charge in [0.15, 0.2) is 0 Å². The van der Waals surface area contributed by atoms with Gasteiger partial charge in [-0.3, -0.25) is 14.5 Å². The van der Waals surface area contributed by atoms with Crippen LogP contribution < -0.4 is 5.32 Å². The van der Waals surface area contributed by atoms with Gasteiger partial charge in [-0.05, 0) is 37.1 Å². The summed E-state index contributed by atoms with van der Waals surface area (Å²) < 4.78 is 0. The average Bonchev–Trinajstić information content (AvgIpc) is 3.18. The zero-order valence-electron chi connectivity index (χ0n) is 14.8. The summed E-state index contributed by atoms with van der Waals surface area (Å²) in [6.07, 6.45) is 3.59. The molecule has 1 spiro atoms. The summed E-state index contributed by atoms with van der Waals surface area (Å²) >= 11 is 1.59. The topological polar surface area (TPSA) is 69.7 Å². The minimum atomic E-state index is -0.805. The van der Waals surface area contributed by atoms with Crippen molar-refractivity contribution in [2.24, 2.45) is 5.92 Å². The summed E-state index contributed by atoms with van der Waals surface area (Å²) in [5, 5.41) is 4.87. The fraction of sp³-hybridized carbons (Fsp3) is 0.611. The maximum atomic E-state index is 12.9. The van der Waals surface area contributed by atoms with Crippen molar-refractivity contribution < 1.29 is 14.4 Å². The molecular formula is C18H25N3O3S. The Labute approximate surface area is 152 Å². The van der Waals surface area contributed by atoms with Crippen molar-refractivity contribution in [3.8, 4) is 0 Å². The predicted octanol–water partition coefficient (Wildman–Crippen LogP) is 2.60. The van der Waals surface area contributed by atoms with E-state index in [2.05, 4.69) is 5.32 Å². The van der Waals surface area contributed by atoms with Crippen LogP contribution >= 0.6 is 11.3 Å². The van der Waals surface area contributed by atoms with Crippen molar-refractivity contribution in [1.29, 1.82) is 0 Å². The Bertz CT molecular complexity index is 661. The second kappa shape index (κ2) is 7.15. The van der Waals surface area contributed by atoms with Gasteiger partial charge in [0, 0.05) is 11.4 Å². The van der Waals surface area contributed by atoms with Gasteiger partial charge in [0.2, 0.25) is 5.91 Å². The molecule has 1 saturated heterocycles. The molecule has 7 heteroatoms. The molecule has 0 bridgehead atoms. The molecule has 1 saturated carbocycles. The van der Waals surface area contributed by atoms with Crippen molar-refractivity contribution in [2.75, 3.05) is 13.1 Å². The van der Waals surface area contributed by atoms with E-state index in [0.717, 1.165) is 29.0 Å². The van der Waals surface area contributed by atoms with Gasteiger partial charge in [0.1, 0.15) is 12.1 Å². The number of hydrogen-bond acceptors (Lipinski definition) is 4. The highest BCUT2D eigenvalue weighted by molar-refractivity contribution is 7.09. The monoisotopic (exact) mass is 363 g/mol. The van der Waals surface area contributed by atoms with E-state index in [1.807, 2.05) is 31.4 Å². The summed E-state index contributed by atoms with van der Waals surface area (Å²) in [5.41, 5.74) is -0.805. The molecule has 25 heavy (non-hydrogen) atoms. The number of hydrogen-bond donors (Lipinski definition) is 1. The highest BCUT2D eigenvalue weighted by atomic mass is 32.1. The summed E-state index contributed by atoms with van der Waals surface area (Å²) in [6.45, 7) is 4.79. The molecule has 0 radical (unpaired) electrons. The number of thiophene rings is 1. The van der Waals surface area contributed by atoms with Crippen molar-refractivity contribution >= 4 is 29.2 Å². The number of imide groups is 1. The van der Waals surface area contributed by atoms with Crippen LogP contribution in [0, 0.1) is 5.92 Å². The Balaban J connectivity index is 1.70. The number of nitrogens with one attached hydrogen (secondary N) is 1. The zero-order valence-corrected chi connectivity index (χ0v) is 15.6. The SMILES string of the molecule is CCN(Cc1cccs1)C(=O)CN1C(=O)N[C@]2(CCCC[C@H]2C)C1=O. The summed E-state index contributed by atoms with van der Waals surface area (Å²) in [5.74, 6) is -0.323. The Kier molecular flexibility index (Phi) is 5.13. The lowest BCUT2D eigenvalue weighted by Gasteiger charge is -2.36. The lowest BCUT2D eigenvalue weighted by atomic mass is 9.73. The Morgan fingerprint density at radius 1 is 1.44 bits per heavy atom. The number of carbonyl (C=O) groups is 3. The zero-order chi connectivity index (χ0) is 18.0. The molecule has 4 amide bonds. The molecule has 0 aromatic carbocycles. The van der Waals surface area contributed by atoms with Crippen LogP contribution in [0.15, 0.2) is 17.5 Å². The highest BCUT2D eigenvalue weighted by Gasteiger charge is 2.55. The van der Waals surface area contributed by atoms with E-state index >= 15 is 0 Å². The van der Waals surface area contributed by atoms with Gasteiger partial charge in [-0.2, -0.15) is 0 Å². The van der Waals surface area contributed by atoms with E-state index in [1.54, 1.807) is 16.2 Å². The molecule has 1 aliphatic carbocycles. The fourth-order valence-corrected chi connectivity index (χ4v) is 4.56. The Hall–Kier alpha value is -1.89. The molecule has 136 valence electrons. The van der Waals surface area contributed by atoms with Crippen LogP contribution in [-0.2, 0) is 16.1 Å². The number of urea groups is 1. The first-order valence-electron chi connectivity index (χ1n) is 8.92. The molecule has 1 aromatic rings. The van der Waals surface area contributed by atoms with E-state index in [0.29, 0.717) is 19.5 Å². The van der Waals surface area contributed by atoms with Gasteiger partial charge in [-0.1, -0.05) is 25.8 Å². The van der Waals surface area contributed by atoms with Gasteiger partial charge in [0.25, 0.3) is 5.91 Å². The van der Waals surface area contributed by atoms with Crippen LogP contribution in [0.4, 0.5) is 4.79 Å². The highest BCUT2D eigenvalue weighted by Crippen LogP contribution is 2.38. The quantitative estimate of drug-likeness (QED) is 0.818. The third-order valence-corrected chi connectivity index (χ3v) is 6.32. The second-order valence-corrected chi connectivity index (χ2v) is 7.96. The first-order valence-corrected chi connectivity index (χ1v) is 9.80. The molecule has 2 atom stereocenters. The van der Waals surface area contributed by atoms with Crippen molar-refractivity contribution in [3.63, 3.8) is 0 Å². The van der Waals surface area contributed by atoms with Crippen LogP contribution in [0.25, 0.3) is 0 Å². The van der Waals surface area contributed by atoms with Gasteiger partial charge >= 0.3 is 6.03 Å². The van der Waals surface area contributed by atoms with Gasteiger partial charge in [-0.15, -0.1) is 11.3 Å². The van der Waals surface area contributed by atoms with Crippen molar-refractivity contribution in [3.05, 3.63) is 22.4 Å². The lowest BCUT2D eigenvalue weighted by molar-refractivity contribution is -0.140. The third kappa shape index (κ3) is 3.29. The Morgan fingerprint density at radius 2 is 2.24 bits per heavy atom. The number of amides is 4. The van der Waals surface area contributed by atoms with Crippen LogP contribution in [-0.4, -0.2) is 46.3 Å². The number of rotatable bonds is 5. The maximum absolute atomic E-state index is 12.9. The van der Waals surface area contributed by atoms with Crippen LogP contribution in [0.2, 0.25) is 0 Å². The molecule has 0 unspecified atom stereocenters. The van der Waals surface area contributed by atoms with E-state index < -0.39 is 11.6 Å². The van der Waals surface area contributed by atoms with E-state index in [9.17, 15) is 14.4 Å². The van der Waals surface area contributed by atoms with E-state index in [-0.39, 0.29) is 24.3 Å². The molecule has 2 heterocycles. The first-order chi connectivity index (χ1) is 12.0. The van der Waals surface area contributed by atoms with E-state index in [1.165, 1.54) is 0 Å². The maximum Gasteiger partial charge on any atom is 0.325 e. The van der Waals surface area contributed by atoms with Crippen LogP contribution in [0.5, 0.6) is 0 Å². The van der Waals surface area contributed by atoms with Gasteiger partial charge in [-0.25, -0.2) is 4.79 Å². The van der Waals surface area contributed by atoms with Crippen LogP contribution in [0.1, 0.15) is 44.4 Å². The largest absolute Gasteiger partial charge is 0.336 e. The van der Waals surface area contributed by atoms with Crippen molar-refractivity contribution in [1.82, 2.24) is 15.1 Å². The van der Waals surface area contributed by atoms with Gasteiger partial charge in [0.05, 0.1) is 6.54 Å². The minimum Gasteiger partial charge on any atom is -0.336 e. The summed E-state index contributed by atoms with van der Waals surface area (Å²) in [4.78, 5) is 41.9. The summed E-state index contributed by atoms with van der Waals surface area (Å²) in [7, 11) is 0. The normalized spacial score (nSPS) is 26.2. The molecular weight excluding hydrogens is 338 g/mol. The molecule has 1 N–H and O–H groups in total. The molecule has 2 fully saturated rings. The van der Waals surface area contributed by atoms with Crippen LogP contribution in [0.3, 0.4) is 0 Å². The standard InChI is InChI=1S/C18H25N3O3S/c1-3-20(11-14-8-6-10-25-14)15(22)12-21-16(23)18(19-17(21)24)9-5-4-7-13(18)2/h6,8,10,13H,3-5,7,9,11-12H2,1-2H3,(H,19,24)/t13-,18+/m1/s1. The molecule has 2 aliphatic rings. The lowest BCUT2D eigenvalue weighted by Crippen LogP contribution is -2.54. The number of carbonyl (C=O) groups excluding carboxylic acids is 3. The average molecular weight is 363 g/mol. The number of likely N-dealkylation sites (N-methyl/N-ethyl adjacent to an activating group) is 1. The Morgan fingerprint density at radius 3 is 2.88 bits per heavy atom. The third-order valence-electron chi connectivity index (χ3n) is 5.46. The second-order valence-electron chi connectivity index (χ2n) is 6.93. The smallest absolute Gasteiger partial charge is 0.325 e. The van der Waals surface area contributed by atoms with Gasteiger partial charge < -0.3 is 10.2 Å². The van der Waals surface area contributed by atoms with E-state index in [4.69, 9.17) is 0 Å². The fourth-order valence-electron chi connectivity index (χ4n) is 3.84. The molecule has 1 aliphatic heterocycles. The molecule has 3 rings (SSSR count). The number of nitrogens with zero attached hydrogens (tertiary/aromatic N) is 2. The summed E-state index contributed by atoms with van der Waals surface area (Å²) in [6, 6.07) is 3.50. The predicted molar refractivity (Wildman–Crippen MR) is 96.0 cm³/mol.